The Bertz CT molecular complexity index is 771. The fraction of sp³-hybridized carbons (Fsp3) is 0.118. The van der Waals surface area contributed by atoms with Crippen molar-refractivity contribution in [1.82, 2.24) is 4.59 Å². The number of allylic oxidation sites excluding steroid dienone is 1. The minimum atomic E-state index is -2.58. The molecule has 1 atom stereocenters. The molecular formula is C17H14ClF2N2+. The maximum absolute atomic E-state index is 12.9. The fourth-order valence-corrected chi connectivity index (χ4v) is 2.79. The summed E-state index contributed by atoms with van der Waals surface area (Å²) in [6.45, 7) is 0. The van der Waals surface area contributed by atoms with Crippen molar-refractivity contribution in [3.63, 3.8) is 0 Å². The Morgan fingerprint density at radius 2 is 1.64 bits per heavy atom. The third-order valence-corrected chi connectivity index (χ3v) is 3.97. The van der Waals surface area contributed by atoms with E-state index in [1.54, 1.807) is 19.3 Å². The summed E-state index contributed by atoms with van der Waals surface area (Å²) in [5, 5.41) is 4.77. The highest BCUT2D eigenvalue weighted by molar-refractivity contribution is 6.33. The van der Waals surface area contributed by atoms with E-state index in [-0.39, 0.29) is 10.3 Å². The first-order valence-corrected chi connectivity index (χ1v) is 7.17. The summed E-state index contributed by atoms with van der Waals surface area (Å²) in [5.41, 5.74) is 2.31. The van der Waals surface area contributed by atoms with Crippen molar-refractivity contribution in [2.45, 2.75) is 6.43 Å². The zero-order valence-electron chi connectivity index (χ0n) is 11.9. The molecule has 0 spiro atoms. The van der Waals surface area contributed by atoms with E-state index < -0.39 is 6.43 Å². The molecule has 1 aliphatic rings. The Morgan fingerprint density at radius 1 is 1.00 bits per heavy atom. The van der Waals surface area contributed by atoms with Gasteiger partial charge in [-0.3, -0.25) is 0 Å². The Hall–Kier alpha value is -2.04. The second-order valence-electron chi connectivity index (χ2n) is 5.16. The summed E-state index contributed by atoms with van der Waals surface area (Å²) in [6.07, 6.45) is 0.439. The average molecular weight is 320 g/mol. The molecule has 1 unspecified atom stereocenters. The lowest BCUT2D eigenvalue weighted by molar-refractivity contribution is 0.225. The highest BCUT2D eigenvalue weighted by Crippen LogP contribution is 2.39. The number of hydrogen-bond donors (Lipinski definition) is 0. The minimum absolute atomic E-state index is 0.0545. The summed E-state index contributed by atoms with van der Waals surface area (Å²) in [6, 6.07) is 15.0. The summed E-state index contributed by atoms with van der Waals surface area (Å²) >= 11 is 6.28. The maximum Gasteiger partial charge on any atom is 0.285 e. The van der Waals surface area contributed by atoms with E-state index in [1.807, 2.05) is 42.5 Å². The third-order valence-electron chi connectivity index (χ3n) is 3.64. The van der Waals surface area contributed by atoms with Gasteiger partial charge in [0.15, 0.2) is 11.4 Å². The van der Waals surface area contributed by atoms with E-state index in [2.05, 4.69) is 5.10 Å². The zero-order chi connectivity index (χ0) is 15.7. The lowest BCUT2D eigenvalue weighted by Gasteiger charge is -2.23. The monoisotopic (exact) mass is 319 g/mol. The van der Waals surface area contributed by atoms with E-state index in [9.17, 15) is 8.78 Å². The quantitative estimate of drug-likeness (QED) is 0.699. The van der Waals surface area contributed by atoms with Crippen molar-refractivity contribution in [1.29, 1.82) is 0 Å². The number of alkyl halides is 2. The summed E-state index contributed by atoms with van der Waals surface area (Å²) in [5.74, 6) is 0. The average Bonchev–Trinajstić information content (AvgIpc) is 2.92. The van der Waals surface area contributed by atoms with Crippen molar-refractivity contribution < 1.29 is 8.78 Å². The highest BCUT2D eigenvalue weighted by atomic mass is 35.5. The summed E-state index contributed by atoms with van der Waals surface area (Å²) < 4.78 is 25.7. The van der Waals surface area contributed by atoms with Gasteiger partial charge < -0.3 is 0 Å². The van der Waals surface area contributed by atoms with Crippen LogP contribution in [0.2, 0.25) is 5.02 Å². The van der Waals surface area contributed by atoms with Crippen LogP contribution in [0.4, 0.5) is 14.5 Å². The first-order valence-electron chi connectivity index (χ1n) is 6.79. The lowest BCUT2D eigenvalue weighted by atomic mass is 10.0. The van der Waals surface area contributed by atoms with Gasteiger partial charge in [-0.25, -0.2) is 8.78 Å². The molecule has 2 nitrogen and oxygen atoms in total. The normalized spacial score (nSPS) is 20.5. The molecule has 3 rings (SSSR count). The largest absolute Gasteiger partial charge is 0.285 e. The van der Waals surface area contributed by atoms with Gasteiger partial charge in [0.1, 0.15) is 13.2 Å². The molecule has 0 aromatic heterocycles. The molecule has 112 valence electrons. The number of nitrogens with zero attached hydrogens (tertiary/aromatic N) is 2. The van der Waals surface area contributed by atoms with Gasteiger partial charge in [0.05, 0.1) is 0 Å². The molecule has 2 aromatic rings. The van der Waals surface area contributed by atoms with Crippen LogP contribution in [-0.4, -0.2) is 19.2 Å². The van der Waals surface area contributed by atoms with E-state index in [4.69, 9.17) is 11.6 Å². The first kappa shape index (κ1) is 14.9. The van der Waals surface area contributed by atoms with Gasteiger partial charge in [-0.05, 0) is 12.1 Å². The number of rotatable bonds is 3. The topological polar surface area (TPSA) is 12.4 Å². The molecule has 0 saturated heterocycles. The minimum Gasteiger partial charge on any atom is -0.203 e. The number of benzene rings is 2. The molecule has 0 aliphatic carbocycles. The molecule has 0 saturated carbocycles. The van der Waals surface area contributed by atoms with E-state index in [0.29, 0.717) is 5.02 Å². The molecular weight excluding hydrogens is 306 g/mol. The van der Waals surface area contributed by atoms with E-state index in [0.717, 1.165) is 16.8 Å². The smallest absolute Gasteiger partial charge is 0.203 e. The second kappa shape index (κ2) is 5.63. The molecule has 0 fully saturated rings. The van der Waals surface area contributed by atoms with Gasteiger partial charge in [0.2, 0.25) is 0 Å². The highest BCUT2D eigenvalue weighted by Gasteiger charge is 2.33. The Labute approximate surface area is 132 Å². The van der Waals surface area contributed by atoms with Crippen LogP contribution in [0.5, 0.6) is 0 Å². The Balaban J connectivity index is 2.15. The van der Waals surface area contributed by atoms with Crippen molar-refractivity contribution in [2.75, 3.05) is 7.05 Å². The van der Waals surface area contributed by atoms with Gasteiger partial charge in [-0.2, -0.15) is 0 Å². The fourth-order valence-electron chi connectivity index (χ4n) is 2.55. The number of hydrogen-bond acceptors (Lipinski definition) is 1. The van der Waals surface area contributed by atoms with Crippen LogP contribution >= 0.6 is 11.6 Å². The van der Waals surface area contributed by atoms with Crippen LogP contribution < -0.4 is 4.59 Å². The molecule has 0 amide bonds. The van der Waals surface area contributed by atoms with Crippen molar-refractivity contribution in [3.05, 3.63) is 65.8 Å². The van der Waals surface area contributed by atoms with Crippen molar-refractivity contribution in [3.8, 4) is 11.1 Å². The van der Waals surface area contributed by atoms with Gasteiger partial charge in [0, 0.05) is 28.3 Å². The van der Waals surface area contributed by atoms with Crippen molar-refractivity contribution >= 4 is 23.0 Å². The second-order valence-corrected chi connectivity index (χ2v) is 5.57. The van der Waals surface area contributed by atoms with Crippen LogP contribution in [0.25, 0.3) is 11.1 Å². The predicted molar refractivity (Wildman–Crippen MR) is 87.2 cm³/mol. The molecule has 0 N–H and O–H groups in total. The van der Waals surface area contributed by atoms with Crippen molar-refractivity contribution in [2.24, 2.45) is 5.10 Å². The Kier molecular flexibility index (Phi) is 3.81. The Morgan fingerprint density at radius 3 is 2.27 bits per heavy atom. The number of halogens is 3. The SMILES string of the molecule is C[N+]1(c2ccccc2-c2ccccc2Cl)C=CC(C(F)F)=N1. The maximum atomic E-state index is 12.9. The third kappa shape index (κ3) is 2.56. The first-order chi connectivity index (χ1) is 10.5. The molecule has 2 aromatic carbocycles. The molecule has 1 aliphatic heterocycles. The molecule has 5 heteroatoms. The van der Waals surface area contributed by atoms with Crippen LogP contribution in [0.15, 0.2) is 65.9 Å². The number of para-hydroxylation sites is 1. The van der Waals surface area contributed by atoms with E-state index in [1.165, 1.54) is 6.08 Å². The zero-order valence-corrected chi connectivity index (χ0v) is 12.6. The van der Waals surface area contributed by atoms with Gasteiger partial charge in [0.25, 0.3) is 6.43 Å². The lowest BCUT2D eigenvalue weighted by Crippen LogP contribution is -2.31. The molecule has 1 heterocycles. The molecule has 0 radical (unpaired) electrons. The van der Waals surface area contributed by atoms with Gasteiger partial charge in [-0.15, -0.1) is 4.59 Å². The van der Waals surface area contributed by atoms with Crippen LogP contribution in [0.1, 0.15) is 0 Å². The summed E-state index contributed by atoms with van der Waals surface area (Å²) in [7, 11) is 1.77. The number of quaternary nitrogens is 1. The standard InChI is InChI=1S/C17H14ClF2N2/c1-22(11-10-15(21-22)17(19)20)16-9-5-3-7-13(16)12-6-2-4-8-14(12)18/h2-11,17H,1H3/q+1. The van der Waals surface area contributed by atoms with Crippen LogP contribution in [0, 0.1) is 0 Å². The van der Waals surface area contributed by atoms with Crippen LogP contribution in [-0.2, 0) is 0 Å². The van der Waals surface area contributed by atoms with Gasteiger partial charge >= 0.3 is 0 Å². The van der Waals surface area contributed by atoms with Crippen LogP contribution in [0.3, 0.4) is 0 Å². The summed E-state index contributed by atoms with van der Waals surface area (Å²) in [4.78, 5) is 0. The molecule has 0 bridgehead atoms. The molecule has 22 heavy (non-hydrogen) atoms. The van der Waals surface area contributed by atoms with E-state index >= 15 is 0 Å². The predicted octanol–water partition coefficient (Wildman–Crippen LogP) is 5.09. The van der Waals surface area contributed by atoms with Gasteiger partial charge in [-0.1, -0.05) is 47.0 Å².